The van der Waals surface area contributed by atoms with E-state index in [-0.39, 0.29) is 11.8 Å². The first kappa shape index (κ1) is 22.1. The van der Waals surface area contributed by atoms with Crippen molar-refractivity contribution in [1.29, 1.82) is 0 Å². The number of amides is 1. The zero-order chi connectivity index (χ0) is 23.2. The van der Waals surface area contributed by atoms with Gasteiger partial charge in [0.15, 0.2) is 0 Å². The van der Waals surface area contributed by atoms with E-state index in [1.807, 2.05) is 17.2 Å². The van der Waals surface area contributed by atoms with Gasteiger partial charge in [-0.05, 0) is 69.6 Å². The van der Waals surface area contributed by atoms with Crippen LogP contribution in [-0.4, -0.2) is 69.5 Å². The summed E-state index contributed by atoms with van der Waals surface area (Å²) in [5.41, 5.74) is 3.68. The molecular formula is C23H30N6O3S. The Morgan fingerprint density at radius 1 is 1.09 bits per heavy atom. The summed E-state index contributed by atoms with van der Waals surface area (Å²) < 4.78 is 29.6. The summed E-state index contributed by atoms with van der Waals surface area (Å²) in [5.74, 6) is 0.287. The van der Waals surface area contributed by atoms with Gasteiger partial charge in [0.1, 0.15) is 4.90 Å². The maximum atomic E-state index is 13.2. The van der Waals surface area contributed by atoms with Crippen molar-refractivity contribution in [2.24, 2.45) is 0 Å². The van der Waals surface area contributed by atoms with Crippen molar-refractivity contribution >= 4 is 21.4 Å². The van der Waals surface area contributed by atoms with Gasteiger partial charge in [0.25, 0.3) is 5.91 Å². The van der Waals surface area contributed by atoms with E-state index in [0.717, 1.165) is 49.9 Å². The molecule has 33 heavy (non-hydrogen) atoms. The molecular weight excluding hydrogens is 440 g/mol. The molecule has 3 aromatic rings. The third kappa shape index (κ3) is 3.95. The molecule has 3 aromatic heterocycles. The van der Waals surface area contributed by atoms with Crippen LogP contribution in [0, 0.1) is 13.8 Å². The van der Waals surface area contributed by atoms with Crippen LogP contribution in [0.1, 0.15) is 65.3 Å². The monoisotopic (exact) mass is 470 g/mol. The number of hydrogen-bond acceptors (Lipinski definition) is 5. The van der Waals surface area contributed by atoms with Crippen LogP contribution in [-0.2, 0) is 10.0 Å². The highest BCUT2D eigenvalue weighted by Crippen LogP contribution is 2.33. The Balaban J connectivity index is 1.34. The molecule has 1 amide bonds. The average molecular weight is 471 g/mol. The number of fused-ring (bicyclic) bond motifs is 1. The van der Waals surface area contributed by atoms with Gasteiger partial charge in [-0.2, -0.15) is 14.5 Å². The third-order valence-electron chi connectivity index (χ3n) is 7.00. The Morgan fingerprint density at radius 2 is 1.82 bits per heavy atom. The van der Waals surface area contributed by atoms with E-state index in [1.54, 1.807) is 28.9 Å². The fourth-order valence-electron chi connectivity index (χ4n) is 5.16. The van der Waals surface area contributed by atoms with Crippen LogP contribution < -0.4 is 0 Å². The van der Waals surface area contributed by atoms with E-state index in [2.05, 4.69) is 21.4 Å². The van der Waals surface area contributed by atoms with E-state index in [1.165, 1.54) is 6.42 Å². The number of likely N-dealkylation sites (tertiary alicyclic amines) is 1. The molecule has 0 aliphatic carbocycles. The quantitative estimate of drug-likeness (QED) is 0.631. The summed E-state index contributed by atoms with van der Waals surface area (Å²) in [5, 5.41) is 11.2. The molecule has 176 valence electrons. The number of pyridine rings is 1. The van der Waals surface area contributed by atoms with Gasteiger partial charge in [0.2, 0.25) is 10.0 Å². The Hall–Kier alpha value is -2.72. The highest BCUT2D eigenvalue weighted by atomic mass is 32.2. The largest absolute Gasteiger partial charge is 0.339 e. The maximum Gasteiger partial charge on any atom is 0.257 e. The number of H-pyrrole nitrogens is 1. The highest BCUT2D eigenvalue weighted by molar-refractivity contribution is 7.89. The highest BCUT2D eigenvalue weighted by Gasteiger charge is 2.33. The van der Waals surface area contributed by atoms with Gasteiger partial charge in [-0.25, -0.2) is 12.9 Å². The number of carbonyl (C=O) groups excluding carboxylic acids is 1. The van der Waals surface area contributed by atoms with Gasteiger partial charge >= 0.3 is 0 Å². The van der Waals surface area contributed by atoms with E-state index in [0.29, 0.717) is 34.9 Å². The molecule has 0 bridgehead atoms. The standard InChI is InChI=1S/C23H30N6O3S/c1-16-22(17(2)26-25-16)33(31,32)28-11-6-18(7-12-28)19-8-13-29-21(14-19)20(15-24-29)23(30)27-9-4-3-5-10-27/h8,13-15,18H,3-7,9-12H2,1-2H3,(H,25,26). The van der Waals surface area contributed by atoms with Crippen LogP contribution in [0.2, 0.25) is 0 Å². The summed E-state index contributed by atoms with van der Waals surface area (Å²) in [7, 11) is -3.57. The Morgan fingerprint density at radius 3 is 2.48 bits per heavy atom. The second-order valence-corrected chi connectivity index (χ2v) is 11.0. The number of aromatic amines is 1. The lowest BCUT2D eigenvalue weighted by atomic mass is 9.90. The fraction of sp³-hybridized carbons (Fsp3) is 0.522. The van der Waals surface area contributed by atoms with Gasteiger partial charge in [0, 0.05) is 32.4 Å². The molecule has 0 saturated carbocycles. The Kier molecular flexibility index (Phi) is 5.74. The molecule has 2 saturated heterocycles. The summed E-state index contributed by atoms with van der Waals surface area (Å²) in [4.78, 5) is 15.3. The fourth-order valence-corrected chi connectivity index (χ4v) is 6.96. The van der Waals surface area contributed by atoms with Crippen molar-refractivity contribution in [2.45, 2.75) is 56.8 Å². The zero-order valence-corrected chi connectivity index (χ0v) is 19.9. The first-order chi connectivity index (χ1) is 15.9. The van der Waals surface area contributed by atoms with Gasteiger partial charge in [-0.3, -0.25) is 9.89 Å². The second kappa shape index (κ2) is 8.57. The molecule has 10 heteroatoms. The van der Waals surface area contributed by atoms with Crippen LogP contribution in [0.4, 0.5) is 0 Å². The lowest BCUT2D eigenvalue weighted by molar-refractivity contribution is 0.0726. The molecule has 9 nitrogen and oxygen atoms in total. The SMILES string of the molecule is Cc1n[nH]c(C)c1S(=O)(=O)N1CCC(c2ccn3ncc(C(=O)N4CCCCC4)c3c2)CC1. The lowest BCUT2D eigenvalue weighted by Crippen LogP contribution is -2.38. The smallest absolute Gasteiger partial charge is 0.257 e. The Labute approximate surface area is 193 Å². The van der Waals surface area contributed by atoms with E-state index in [9.17, 15) is 13.2 Å². The summed E-state index contributed by atoms with van der Waals surface area (Å²) >= 11 is 0. The first-order valence-electron chi connectivity index (χ1n) is 11.6. The molecule has 0 radical (unpaired) electrons. The number of carbonyl (C=O) groups is 1. The normalized spacial score (nSPS) is 18.8. The van der Waals surface area contributed by atoms with E-state index >= 15 is 0 Å². The molecule has 1 N–H and O–H groups in total. The number of nitrogens with zero attached hydrogens (tertiary/aromatic N) is 5. The summed E-state index contributed by atoms with van der Waals surface area (Å²) in [6.45, 7) is 5.98. The number of aromatic nitrogens is 4. The minimum absolute atomic E-state index is 0.0496. The topological polar surface area (TPSA) is 104 Å². The van der Waals surface area contributed by atoms with Crippen LogP contribution in [0.25, 0.3) is 5.52 Å². The predicted molar refractivity (Wildman–Crippen MR) is 124 cm³/mol. The van der Waals surface area contributed by atoms with Crippen molar-refractivity contribution in [3.8, 4) is 0 Å². The molecule has 0 atom stereocenters. The summed E-state index contributed by atoms with van der Waals surface area (Å²) in [6, 6.07) is 4.09. The van der Waals surface area contributed by atoms with E-state index in [4.69, 9.17) is 0 Å². The first-order valence-corrected chi connectivity index (χ1v) is 13.1. The molecule has 2 fully saturated rings. The number of aryl methyl sites for hydroxylation is 2. The number of rotatable bonds is 4. The van der Waals surface area contributed by atoms with Crippen LogP contribution in [0.5, 0.6) is 0 Å². The van der Waals surface area contributed by atoms with Crippen molar-refractivity contribution in [2.75, 3.05) is 26.2 Å². The minimum atomic E-state index is -3.57. The molecule has 0 aromatic carbocycles. The van der Waals surface area contributed by atoms with Crippen LogP contribution in [0.15, 0.2) is 29.4 Å². The molecule has 2 aliphatic rings. The van der Waals surface area contributed by atoms with E-state index < -0.39 is 10.0 Å². The molecule has 2 aliphatic heterocycles. The van der Waals surface area contributed by atoms with Gasteiger partial charge < -0.3 is 4.90 Å². The maximum absolute atomic E-state index is 13.2. The molecule has 5 heterocycles. The lowest BCUT2D eigenvalue weighted by Gasteiger charge is -2.31. The van der Waals surface area contributed by atoms with Crippen LogP contribution >= 0.6 is 0 Å². The molecule has 0 unspecified atom stereocenters. The van der Waals surface area contributed by atoms with Crippen LogP contribution in [0.3, 0.4) is 0 Å². The van der Waals surface area contributed by atoms with Crippen molar-refractivity contribution < 1.29 is 13.2 Å². The third-order valence-corrected chi connectivity index (χ3v) is 9.17. The number of nitrogens with one attached hydrogen (secondary N) is 1. The Bertz CT molecular complexity index is 1260. The number of piperidine rings is 2. The van der Waals surface area contributed by atoms with Gasteiger partial charge in [-0.15, -0.1) is 0 Å². The number of hydrogen-bond donors (Lipinski definition) is 1. The van der Waals surface area contributed by atoms with Gasteiger partial charge in [-0.1, -0.05) is 0 Å². The molecule has 5 rings (SSSR count). The second-order valence-electron chi connectivity index (χ2n) is 9.14. The van der Waals surface area contributed by atoms with Crippen molar-refractivity contribution in [3.05, 3.63) is 47.0 Å². The zero-order valence-electron chi connectivity index (χ0n) is 19.1. The molecule has 0 spiro atoms. The predicted octanol–water partition coefficient (Wildman–Crippen LogP) is 2.87. The minimum Gasteiger partial charge on any atom is -0.339 e. The number of sulfonamides is 1. The summed E-state index contributed by atoms with van der Waals surface area (Å²) in [6.07, 6.45) is 8.31. The van der Waals surface area contributed by atoms with Gasteiger partial charge in [0.05, 0.1) is 28.7 Å². The van der Waals surface area contributed by atoms with Crippen molar-refractivity contribution in [1.82, 2.24) is 29.0 Å². The van der Waals surface area contributed by atoms with Crippen molar-refractivity contribution in [3.63, 3.8) is 0 Å². The average Bonchev–Trinajstić information content (AvgIpc) is 3.41.